The van der Waals surface area contributed by atoms with E-state index >= 15 is 0 Å². The van der Waals surface area contributed by atoms with Gasteiger partial charge in [-0.15, -0.1) is 0 Å². The predicted molar refractivity (Wildman–Crippen MR) is 33.6 cm³/mol. The van der Waals surface area contributed by atoms with E-state index in [1.165, 1.54) is 0 Å². The lowest BCUT2D eigenvalue weighted by molar-refractivity contribution is 0.174. The van der Waals surface area contributed by atoms with Crippen LogP contribution in [0.25, 0.3) is 0 Å². The molecule has 0 aliphatic carbocycles. The number of hydrogen-bond acceptors (Lipinski definition) is 3. The van der Waals surface area contributed by atoms with Gasteiger partial charge in [0.15, 0.2) is 0 Å². The normalized spacial score (nSPS) is 14.6. The highest BCUT2D eigenvalue weighted by molar-refractivity contribution is 4.63. The molecule has 0 amide bonds. The summed E-state index contributed by atoms with van der Waals surface area (Å²) in [6.07, 6.45) is 0. The van der Waals surface area contributed by atoms with Crippen LogP contribution in [0, 0.1) is 0 Å². The van der Waals surface area contributed by atoms with Gasteiger partial charge in [0.25, 0.3) is 0 Å². The molecule has 0 aliphatic rings. The topological polar surface area (TPSA) is 49.5 Å². The maximum atomic E-state index is 8.57. The Morgan fingerprint density at radius 3 is 2.12 bits per heavy atom. The third kappa shape index (κ3) is 2.26. The quantitative estimate of drug-likeness (QED) is 0.493. The van der Waals surface area contributed by atoms with E-state index in [2.05, 4.69) is 0 Å². The zero-order valence-electron chi connectivity index (χ0n) is 5.46. The SMILES string of the molecule is CN(C)[C@@H](CN)CO. The van der Waals surface area contributed by atoms with E-state index < -0.39 is 0 Å². The zero-order valence-corrected chi connectivity index (χ0v) is 5.46. The summed E-state index contributed by atoms with van der Waals surface area (Å²) in [5.41, 5.74) is 5.28. The van der Waals surface area contributed by atoms with Crippen molar-refractivity contribution < 1.29 is 5.11 Å². The monoisotopic (exact) mass is 118 g/mol. The van der Waals surface area contributed by atoms with Crippen LogP contribution in [-0.4, -0.2) is 43.3 Å². The molecule has 0 radical (unpaired) electrons. The van der Waals surface area contributed by atoms with Crippen molar-refractivity contribution in [1.29, 1.82) is 0 Å². The maximum absolute atomic E-state index is 8.57. The average Bonchev–Trinajstić information content (AvgIpc) is 1.69. The molecule has 0 saturated carbocycles. The molecule has 0 aromatic heterocycles. The van der Waals surface area contributed by atoms with Crippen molar-refractivity contribution in [2.75, 3.05) is 27.2 Å². The Labute approximate surface area is 50.1 Å². The van der Waals surface area contributed by atoms with Crippen LogP contribution in [0.3, 0.4) is 0 Å². The number of aliphatic hydroxyl groups is 1. The van der Waals surface area contributed by atoms with Crippen LogP contribution in [0.4, 0.5) is 0 Å². The van der Waals surface area contributed by atoms with Crippen molar-refractivity contribution in [1.82, 2.24) is 4.90 Å². The molecule has 0 rings (SSSR count). The van der Waals surface area contributed by atoms with Crippen molar-refractivity contribution in [3.8, 4) is 0 Å². The first-order valence-electron chi connectivity index (χ1n) is 2.69. The second-order valence-corrected chi connectivity index (χ2v) is 2.04. The second kappa shape index (κ2) is 3.83. The molecule has 0 heterocycles. The van der Waals surface area contributed by atoms with Gasteiger partial charge in [-0.05, 0) is 14.1 Å². The molecule has 8 heavy (non-hydrogen) atoms. The highest BCUT2D eigenvalue weighted by atomic mass is 16.3. The molecule has 0 aromatic rings. The van der Waals surface area contributed by atoms with Crippen LogP contribution in [-0.2, 0) is 0 Å². The summed E-state index contributed by atoms with van der Waals surface area (Å²) in [5, 5.41) is 8.57. The van der Waals surface area contributed by atoms with Crippen LogP contribution in [0.5, 0.6) is 0 Å². The molecule has 0 fully saturated rings. The fraction of sp³-hybridized carbons (Fsp3) is 1.00. The molecule has 0 spiro atoms. The summed E-state index contributed by atoms with van der Waals surface area (Å²) in [4.78, 5) is 1.90. The summed E-state index contributed by atoms with van der Waals surface area (Å²) in [6, 6.07) is 0.120. The molecule has 0 unspecified atom stereocenters. The number of nitrogens with two attached hydrogens (primary N) is 1. The van der Waals surface area contributed by atoms with Gasteiger partial charge in [0.1, 0.15) is 0 Å². The number of hydrogen-bond donors (Lipinski definition) is 2. The molecule has 1 atom stereocenters. The second-order valence-electron chi connectivity index (χ2n) is 2.04. The van der Waals surface area contributed by atoms with Gasteiger partial charge in [0.2, 0.25) is 0 Å². The Morgan fingerprint density at radius 2 is 2.12 bits per heavy atom. The van der Waals surface area contributed by atoms with Gasteiger partial charge >= 0.3 is 0 Å². The summed E-state index contributed by atoms with van der Waals surface area (Å²) < 4.78 is 0. The van der Waals surface area contributed by atoms with E-state index in [1.54, 1.807) is 0 Å². The Kier molecular flexibility index (Phi) is 3.77. The van der Waals surface area contributed by atoms with E-state index in [4.69, 9.17) is 10.8 Å². The van der Waals surface area contributed by atoms with Crippen LogP contribution in [0.15, 0.2) is 0 Å². The molecular weight excluding hydrogens is 104 g/mol. The lowest BCUT2D eigenvalue weighted by atomic mass is 10.3. The minimum absolute atomic E-state index is 0.120. The molecule has 0 aliphatic heterocycles. The van der Waals surface area contributed by atoms with E-state index in [0.717, 1.165) is 0 Å². The average molecular weight is 118 g/mol. The minimum Gasteiger partial charge on any atom is -0.395 e. The number of nitrogens with zero attached hydrogens (tertiary/aromatic N) is 1. The molecule has 3 N–H and O–H groups in total. The van der Waals surface area contributed by atoms with E-state index in [1.807, 2.05) is 19.0 Å². The van der Waals surface area contributed by atoms with Crippen LogP contribution in [0.1, 0.15) is 0 Å². The smallest absolute Gasteiger partial charge is 0.0598 e. The Morgan fingerprint density at radius 1 is 1.62 bits per heavy atom. The van der Waals surface area contributed by atoms with Gasteiger partial charge in [0.05, 0.1) is 6.61 Å². The first kappa shape index (κ1) is 7.88. The van der Waals surface area contributed by atoms with Crippen molar-refractivity contribution in [3.63, 3.8) is 0 Å². The summed E-state index contributed by atoms with van der Waals surface area (Å²) in [6.45, 7) is 0.660. The fourth-order valence-corrected chi connectivity index (χ4v) is 0.449. The molecule has 0 bridgehead atoms. The minimum atomic E-state index is 0.120. The zero-order chi connectivity index (χ0) is 6.57. The summed E-state index contributed by atoms with van der Waals surface area (Å²) in [7, 11) is 3.79. The van der Waals surface area contributed by atoms with Crippen molar-refractivity contribution in [3.05, 3.63) is 0 Å². The van der Waals surface area contributed by atoms with Gasteiger partial charge in [-0.1, -0.05) is 0 Å². The highest BCUT2D eigenvalue weighted by Gasteiger charge is 2.04. The van der Waals surface area contributed by atoms with Gasteiger partial charge in [-0.3, -0.25) is 0 Å². The Hall–Kier alpha value is -0.120. The van der Waals surface area contributed by atoms with Crippen molar-refractivity contribution in [2.24, 2.45) is 5.73 Å². The van der Waals surface area contributed by atoms with Gasteiger partial charge in [0, 0.05) is 12.6 Å². The summed E-state index contributed by atoms with van der Waals surface area (Å²) in [5.74, 6) is 0. The molecule has 0 aromatic carbocycles. The standard InChI is InChI=1S/C5H14N2O/c1-7(2)5(3-6)4-8/h5,8H,3-4,6H2,1-2H3/t5-/m0/s1. The first-order valence-corrected chi connectivity index (χ1v) is 2.69. The van der Waals surface area contributed by atoms with Crippen molar-refractivity contribution >= 4 is 0 Å². The van der Waals surface area contributed by atoms with E-state index in [9.17, 15) is 0 Å². The molecular formula is C5H14N2O. The third-order valence-corrected chi connectivity index (χ3v) is 1.21. The van der Waals surface area contributed by atoms with E-state index in [-0.39, 0.29) is 12.6 Å². The van der Waals surface area contributed by atoms with Crippen LogP contribution < -0.4 is 5.73 Å². The molecule has 3 heteroatoms. The Bertz CT molecular complexity index is 52.4. The maximum Gasteiger partial charge on any atom is 0.0598 e. The summed E-state index contributed by atoms with van der Waals surface area (Å²) >= 11 is 0. The van der Waals surface area contributed by atoms with Gasteiger partial charge in [-0.25, -0.2) is 0 Å². The number of aliphatic hydroxyl groups excluding tert-OH is 1. The third-order valence-electron chi connectivity index (χ3n) is 1.21. The fourth-order valence-electron chi connectivity index (χ4n) is 0.449. The lowest BCUT2D eigenvalue weighted by Gasteiger charge is -2.19. The Balaban J connectivity index is 3.35. The number of rotatable bonds is 3. The highest BCUT2D eigenvalue weighted by Crippen LogP contribution is 1.85. The molecule has 0 saturated heterocycles. The lowest BCUT2D eigenvalue weighted by Crippen LogP contribution is -2.37. The largest absolute Gasteiger partial charge is 0.395 e. The first-order chi connectivity index (χ1) is 3.72. The van der Waals surface area contributed by atoms with Crippen molar-refractivity contribution in [2.45, 2.75) is 6.04 Å². The molecule has 50 valence electrons. The van der Waals surface area contributed by atoms with Gasteiger partial charge in [-0.2, -0.15) is 0 Å². The van der Waals surface area contributed by atoms with Crippen LogP contribution in [0.2, 0.25) is 0 Å². The van der Waals surface area contributed by atoms with Gasteiger partial charge < -0.3 is 15.7 Å². The van der Waals surface area contributed by atoms with E-state index in [0.29, 0.717) is 6.54 Å². The predicted octanol–water partition coefficient (Wildman–Crippen LogP) is -1.13. The molecule has 3 nitrogen and oxygen atoms in total. The van der Waals surface area contributed by atoms with Crippen LogP contribution >= 0.6 is 0 Å². The number of likely N-dealkylation sites (N-methyl/N-ethyl adjacent to an activating group) is 1.